The van der Waals surface area contributed by atoms with Gasteiger partial charge in [-0.25, -0.2) is 4.98 Å². The largest absolute Gasteiger partial charge is 0.296 e. The molecule has 2 nitrogen and oxygen atoms in total. The van der Waals surface area contributed by atoms with Crippen LogP contribution in [-0.4, -0.2) is 9.55 Å². The van der Waals surface area contributed by atoms with Crippen molar-refractivity contribution in [3.63, 3.8) is 0 Å². The Kier molecular flexibility index (Phi) is 2.92. The van der Waals surface area contributed by atoms with Crippen molar-refractivity contribution in [3.8, 4) is 5.69 Å². The topological polar surface area (TPSA) is 17.8 Å². The fourth-order valence-electron chi connectivity index (χ4n) is 2.20. The van der Waals surface area contributed by atoms with E-state index in [0.717, 1.165) is 33.4 Å². The maximum atomic E-state index is 4.69. The highest BCUT2D eigenvalue weighted by Gasteiger charge is 2.10. The van der Waals surface area contributed by atoms with Crippen LogP contribution in [0.1, 0.15) is 12.7 Å². The van der Waals surface area contributed by atoms with Gasteiger partial charge in [-0.1, -0.05) is 41.1 Å². The lowest BCUT2D eigenvalue weighted by molar-refractivity contribution is 0.908. The van der Waals surface area contributed by atoms with Crippen LogP contribution in [0, 0.1) is 0 Å². The van der Waals surface area contributed by atoms with E-state index in [2.05, 4.69) is 63.8 Å². The highest BCUT2D eigenvalue weighted by atomic mass is 79.9. The fourth-order valence-corrected chi connectivity index (χ4v) is 2.55. The highest BCUT2D eigenvalue weighted by molar-refractivity contribution is 9.10. The molecule has 1 aromatic heterocycles. The maximum Gasteiger partial charge on any atom is 0.114 e. The zero-order valence-electron chi connectivity index (χ0n) is 10.1. The number of aryl methyl sites for hydroxylation is 1. The normalized spacial score (nSPS) is 11.0. The first-order chi connectivity index (χ1) is 8.79. The second kappa shape index (κ2) is 4.58. The molecule has 0 spiro atoms. The molecule has 1 heterocycles. The van der Waals surface area contributed by atoms with Gasteiger partial charge in [0.2, 0.25) is 0 Å². The lowest BCUT2D eigenvalue weighted by Crippen LogP contribution is -1.99. The molecular weight excluding hydrogens is 288 g/mol. The van der Waals surface area contributed by atoms with Crippen LogP contribution in [0.3, 0.4) is 0 Å². The van der Waals surface area contributed by atoms with Gasteiger partial charge in [0.05, 0.1) is 11.0 Å². The summed E-state index contributed by atoms with van der Waals surface area (Å²) in [5.41, 5.74) is 3.35. The summed E-state index contributed by atoms with van der Waals surface area (Å²) in [6.07, 6.45) is 0.918. The molecule has 0 atom stereocenters. The van der Waals surface area contributed by atoms with Crippen LogP contribution in [-0.2, 0) is 6.42 Å². The molecule has 0 saturated carbocycles. The Morgan fingerprint density at radius 1 is 1.11 bits per heavy atom. The van der Waals surface area contributed by atoms with Crippen molar-refractivity contribution < 1.29 is 0 Å². The number of halogens is 1. The lowest BCUT2D eigenvalue weighted by atomic mass is 10.2. The molecule has 2 aromatic carbocycles. The van der Waals surface area contributed by atoms with Gasteiger partial charge in [0, 0.05) is 16.6 Å². The number of fused-ring (bicyclic) bond motifs is 1. The van der Waals surface area contributed by atoms with Crippen molar-refractivity contribution in [1.82, 2.24) is 9.55 Å². The molecule has 0 aliphatic rings. The van der Waals surface area contributed by atoms with E-state index in [4.69, 9.17) is 4.98 Å². The van der Waals surface area contributed by atoms with Crippen molar-refractivity contribution in [2.45, 2.75) is 13.3 Å². The van der Waals surface area contributed by atoms with Crippen LogP contribution >= 0.6 is 15.9 Å². The highest BCUT2D eigenvalue weighted by Crippen LogP contribution is 2.24. The molecule has 3 aromatic rings. The summed E-state index contributed by atoms with van der Waals surface area (Å²) >= 11 is 3.53. The first-order valence-corrected chi connectivity index (χ1v) is 6.81. The SMILES string of the molecule is CCc1nc2ccc(Br)cc2n1-c1ccccc1. The number of para-hydroxylation sites is 1. The fraction of sp³-hybridized carbons (Fsp3) is 0.133. The lowest BCUT2D eigenvalue weighted by Gasteiger charge is -2.07. The number of imidazole rings is 1. The minimum Gasteiger partial charge on any atom is -0.296 e. The Labute approximate surface area is 114 Å². The van der Waals surface area contributed by atoms with Crippen molar-refractivity contribution in [2.75, 3.05) is 0 Å². The van der Waals surface area contributed by atoms with Crippen LogP contribution in [0.2, 0.25) is 0 Å². The summed E-state index contributed by atoms with van der Waals surface area (Å²) in [5, 5.41) is 0. The number of nitrogens with zero attached hydrogens (tertiary/aromatic N) is 2. The van der Waals surface area contributed by atoms with Gasteiger partial charge < -0.3 is 0 Å². The zero-order valence-corrected chi connectivity index (χ0v) is 11.7. The summed E-state index contributed by atoms with van der Waals surface area (Å²) in [5.74, 6) is 1.09. The monoisotopic (exact) mass is 300 g/mol. The minimum absolute atomic E-state index is 0.918. The second-order valence-electron chi connectivity index (χ2n) is 4.19. The molecule has 3 rings (SSSR count). The summed E-state index contributed by atoms with van der Waals surface area (Å²) in [6, 6.07) is 16.6. The molecule has 0 saturated heterocycles. The Bertz CT molecular complexity index is 686. The molecule has 0 aliphatic carbocycles. The van der Waals surface area contributed by atoms with Gasteiger partial charge >= 0.3 is 0 Å². The zero-order chi connectivity index (χ0) is 12.5. The molecule has 3 heteroatoms. The van der Waals surface area contributed by atoms with E-state index in [-0.39, 0.29) is 0 Å². The van der Waals surface area contributed by atoms with Crippen LogP contribution in [0.15, 0.2) is 53.0 Å². The summed E-state index contributed by atoms with van der Waals surface area (Å²) in [4.78, 5) is 4.69. The third-order valence-electron chi connectivity index (χ3n) is 3.02. The summed E-state index contributed by atoms with van der Waals surface area (Å²) < 4.78 is 3.30. The molecule has 0 fully saturated rings. The van der Waals surface area contributed by atoms with Crippen molar-refractivity contribution in [2.24, 2.45) is 0 Å². The number of hydrogen-bond acceptors (Lipinski definition) is 1. The van der Waals surface area contributed by atoms with Crippen LogP contribution in [0.25, 0.3) is 16.7 Å². The Morgan fingerprint density at radius 3 is 2.61 bits per heavy atom. The van der Waals surface area contributed by atoms with Crippen molar-refractivity contribution in [3.05, 3.63) is 58.8 Å². The van der Waals surface area contributed by atoms with Crippen molar-refractivity contribution in [1.29, 1.82) is 0 Å². The molecule has 0 N–H and O–H groups in total. The molecular formula is C15H13BrN2. The number of aromatic nitrogens is 2. The predicted molar refractivity (Wildman–Crippen MR) is 78.1 cm³/mol. The van der Waals surface area contributed by atoms with Gasteiger partial charge in [-0.15, -0.1) is 0 Å². The van der Waals surface area contributed by atoms with Crippen LogP contribution in [0.5, 0.6) is 0 Å². The van der Waals surface area contributed by atoms with Gasteiger partial charge in [-0.05, 0) is 30.3 Å². The summed E-state index contributed by atoms with van der Waals surface area (Å²) in [7, 11) is 0. The molecule has 0 aliphatic heterocycles. The van der Waals surface area contributed by atoms with Gasteiger partial charge in [0.1, 0.15) is 5.82 Å². The number of hydrogen-bond donors (Lipinski definition) is 0. The van der Waals surface area contributed by atoms with E-state index in [1.54, 1.807) is 0 Å². The van der Waals surface area contributed by atoms with Crippen LogP contribution < -0.4 is 0 Å². The minimum atomic E-state index is 0.918. The van der Waals surface area contributed by atoms with E-state index in [1.165, 1.54) is 0 Å². The van der Waals surface area contributed by atoms with E-state index in [0.29, 0.717) is 0 Å². The van der Waals surface area contributed by atoms with E-state index in [9.17, 15) is 0 Å². The Balaban J connectivity index is 2.35. The quantitative estimate of drug-likeness (QED) is 0.688. The number of rotatable bonds is 2. The standard InChI is InChI=1S/C15H13BrN2/c1-2-15-17-13-9-8-11(16)10-14(13)18(15)12-6-4-3-5-7-12/h3-10H,2H2,1H3. The van der Waals surface area contributed by atoms with Crippen molar-refractivity contribution >= 4 is 27.0 Å². The van der Waals surface area contributed by atoms with E-state index < -0.39 is 0 Å². The molecule has 90 valence electrons. The molecule has 0 radical (unpaired) electrons. The average Bonchev–Trinajstić information content (AvgIpc) is 2.77. The molecule has 18 heavy (non-hydrogen) atoms. The van der Waals surface area contributed by atoms with E-state index >= 15 is 0 Å². The smallest absolute Gasteiger partial charge is 0.114 e. The first-order valence-electron chi connectivity index (χ1n) is 6.02. The number of benzene rings is 2. The van der Waals surface area contributed by atoms with Gasteiger partial charge in [0.25, 0.3) is 0 Å². The van der Waals surface area contributed by atoms with Gasteiger partial charge in [0.15, 0.2) is 0 Å². The van der Waals surface area contributed by atoms with Gasteiger partial charge in [-0.3, -0.25) is 4.57 Å². The first kappa shape index (κ1) is 11.5. The Hall–Kier alpha value is -1.61. The Morgan fingerprint density at radius 2 is 1.89 bits per heavy atom. The molecule has 0 unspecified atom stereocenters. The van der Waals surface area contributed by atoms with E-state index in [1.807, 2.05) is 12.1 Å². The van der Waals surface area contributed by atoms with Crippen LogP contribution in [0.4, 0.5) is 0 Å². The third kappa shape index (κ3) is 1.85. The maximum absolute atomic E-state index is 4.69. The van der Waals surface area contributed by atoms with Gasteiger partial charge in [-0.2, -0.15) is 0 Å². The molecule has 0 amide bonds. The summed E-state index contributed by atoms with van der Waals surface area (Å²) in [6.45, 7) is 2.13. The molecule has 0 bridgehead atoms. The second-order valence-corrected chi connectivity index (χ2v) is 5.10. The average molecular weight is 301 g/mol. The predicted octanol–water partition coefficient (Wildman–Crippen LogP) is 4.35. The third-order valence-corrected chi connectivity index (χ3v) is 3.51.